The lowest BCUT2D eigenvalue weighted by molar-refractivity contribution is 0.102. The second-order valence-electron chi connectivity index (χ2n) is 6.57. The Morgan fingerprint density at radius 2 is 1.65 bits per heavy atom. The van der Waals surface area contributed by atoms with Crippen molar-refractivity contribution in [1.29, 1.82) is 0 Å². The number of ether oxygens (including phenoxy) is 1. The maximum atomic E-state index is 12.3. The highest BCUT2D eigenvalue weighted by Gasteiger charge is 2.27. The van der Waals surface area contributed by atoms with Crippen molar-refractivity contribution in [1.82, 2.24) is 4.72 Å². The average Bonchev–Trinajstić information content (AvgIpc) is 3.39. The highest BCUT2D eigenvalue weighted by molar-refractivity contribution is 7.89. The van der Waals surface area contributed by atoms with Crippen LogP contribution in [0.15, 0.2) is 53.4 Å². The van der Waals surface area contributed by atoms with Gasteiger partial charge in [0.2, 0.25) is 10.0 Å². The van der Waals surface area contributed by atoms with Gasteiger partial charge in [-0.25, -0.2) is 13.1 Å². The molecule has 0 atom stereocenters. The Labute approximate surface area is 153 Å². The molecule has 6 nitrogen and oxygen atoms in total. The molecule has 1 aliphatic rings. The number of amides is 1. The van der Waals surface area contributed by atoms with Crippen molar-refractivity contribution in [2.45, 2.75) is 43.7 Å². The van der Waals surface area contributed by atoms with Crippen LogP contribution >= 0.6 is 0 Å². The van der Waals surface area contributed by atoms with E-state index >= 15 is 0 Å². The molecule has 0 aromatic heterocycles. The normalized spacial score (nSPS) is 14.3. The van der Waals surface area contributed by atoms with Gasteiger partial charge >= 0.3 is 0 Å². The zero-order valence-corrected chi connectivity index (χ0v) is 15.5. The summed E-state index contributed by atoms with van der Waals surface area (Å²) in [4.78, 5) is 12.5. The average molecular weight is 374 g/mol. The van der Waals surface area contributed by atoms with Crippen molar-refractivity contribution >= 4 is 21.6 Å². The van der Waals surface area contributed by atoms with E-state index in [9.17, 15) is 13.2 Å². The number of hydrogen-bond donors (Lipinski definition) is 2. The van der Waals surface area contributed by atoms with Crippen molar-refractivity contribution in [3.05, 3.63) is 54.1 Å². The van der Waals surface area contributed by atoms with Gasteiger partial charge in [0, 0.05) is 17.3 Å². The van der Waals surface area contributed by atoms with Crippen LogP contribution in [0.3, 0.4) is 0 Å². The lowest BCUT2D eigenvalue weighted by Gasteiger charge is -2.11. The largest absolute Gasteiger partial charge is 0.491 e. The molecule has 0 heterocycles. The van der Waals surface area contributed by atoms with E-state index in [0.29, 0.717) is 11.3 Å². The van der Waals surface area contributed by atoms with E-state index in [0.717, 1.165) is 18.6 Å². The van der Waals surface area contributed by atoms with E-state index in [1.54, 1.807) is 24.3 Å². The fourth-order valence-corrected chi connectivity index (χ4v) is 3.67. The van der Waals surface area contributed by atoms with Crippen molar-refractivity contribution in [2.24, 2.45) is 0 Å². The molecule has 0 bridgehead atoms. The zero-order valence-electron chi connectivity index (χ0n) is 14.7. The van der Waals surface area contributed by atoms with Crippen LogP contribution in [0, 0.1) is 0 Å². The third kappa shape index (κ3) is 4.83. The van der Waals surface area contributed by atoms with Gasteiger partial charge in [0.1, 0.15) is 5.75 Å². The molecule has 0 aliphatic heterocycles. The molecule has 1 amide bonds. The van der Waals surface area contributed by atoms with E-state index in [1.807, 2.05) is 13.8 Å². The molecule has 7 heteroatoms. The first-order chi connectivity index (χ1) is 12.3. The summed E-state index contributed by atoms with van der Waals surface area (Å²) in [6, 6.07) is 13.0. The van der Waals surface area contributed by atoms with Gasteiger partial charge < -0.3 is 10.1 Å². The lowest BCUT2D eigenvalue weighted by Crippen LogP contribution is -2.25. The Morgan fingerprint density at radius 3 is 2.19 bits per heavy atom. The number of hydrogen-bond acceptors (Lipinski definition) is 4. The second kappa shape index (κ2) is 7.47. The number of rotatable bonds is 7. The quantitative estimate of drug-likeness (QED) is 0.780. The number of sulfonamides is 1. The maximum absolute atomic E-state index is 12.3. The molecule has 26 heavy (non-hydrogen) atoms. The summed E-state index contributed by atoms with van der Waals surface area (Å²) in [5.74, 6) is 0.428. The number of carbonyl (C=O) groups is 1. The van der Waals surface area contributed by atoms with Crippen molar-refractivity contribution in [2.75, 3.05) is 5.32 Å². The van der Waals surface area contributed by atoms with E-state index in [-0.39, 0.29) is 22.9 Å². The van der Waals surface area contributed by atoms with Crippen LogP contribution in [-0.4, -0.2) is 26.5 Å². The van der Waals surface area contributed by atoms with Gasteiger partial charge in [-0.2, -0.15) is 0 Å². The Kier molecular flexibility index (Phi) is 5.29. The molecule has 138 valence electrons. The Bertz CT molecular complexity index is 871. The molecule has 2 aromatic carbocycles. The van der Waals surface area contributed by atoms with E-state index in [1.165, 1.54) is 24.3 Å². The molecule has 0 spiro atoms. The fourth-order valence-electron chi connectivity index (χ4n) is 2.37. The smallest absolute Gasteiger partial charge is 0.255 e. The minimum atomic E-state index is -3.51. The Morgan fingerprint density at radius 1 is 1.04 bits per heavy atom. The second-order valence-corrected chi connectivity index (χ2v) is 8.28. The maximum Gasteiger partial charge on any atom is 0.255 e. The standard InChI is InChI=1S/C19H22N2O4S/c1-13(2)25-17-9-7-15(8-10-17)20-19(22)14-3-11-18(12-4-14)26(23,24)21-16-5-6-16/h3-4,7-13,16,21H,5-6H2,1-2H3,(H,20,22). The van der Waals surface area contributed by atoms with Crippen LogP contribution in [0.25, 0.3) is 0 Å². The summed E-state index contributed by atoms with van der Waals surface area (Å²) in [5.41, 5.74) is 1.02. The molecular formula is C19H22N2O4S. The molecule has 1 aliphatic carbocycles. The number of benzene rings is 2. The summed E-state index contributed by atoms with van der Waals surface area (Å²) >= 11 is 0. The topological polar surface area (TPSA) is 84.5 Å². The Balaban J connectivity index is 1.64. The van der Waals surface area contributed by atoms with Gasteiger partial charge in [-0.05, 0) is 75.2 Å². The van der Waals surface area contributed by atoms with Gasteiger partial charge in [0.15, 0.2) is 0 Å². The summed E-state index contributed by atoms with van der Waals surface area (Å²) in [6.45, 7) is 3.89. The SMILES string of the molecule is CC(C)Oc1ccc(NC(=O)c2ccc(S(=O)(=O)NC3CC3)cc2)cc1. The van der Waals surface area contributed by atoms with Gasteiger partial charge in [-0.15, -0.1) is 0 Å². The number of carbonyl (C=O) groups excluding carboxylic acids is 1. The van der Waals surface area contributed by atoms with Crippen molar-refractivity contribution < 1.29 is 17.9 Å². The molecule has 1 saturated carbocycles. The highest BCUT2D eigenvalue weighted by Crippen LogP contribution is 2.22. The molecule has 2 N–H and O–H groups in total. The fraction of sp³-hybridized carbons (Fsp3) is 0.316. The predicted molar refractivity (Wildman–Crippen MR) is 99.9 cm³/mol. The molecule has 1 fully saturated rings. The first-order valence-electron chi connectivity index (χ1n) is 8.54. The van der Waals surface area contributed by atoms with Crippen LogP contribution in [-0.2, 0) is 10.0 Å². The van der Waals surface area contributed by atoms with Gasteiger partial charge in [0.25, 0.3) is 5.91 Å². The summed E-state index contributed by atoms with van der Waals surface area (Å²) in [7, 11) is -3.51. The van der Waals surface area contributed by atoms with E-state index in [2.05, 4.69) is 10.0 Å². The van der Waals surface area contributed by atoms with Crippen molar-refractivity contribution in [3.8, 4) is 5.75 Å². The van der Waals surface area contributed by atoms with E-state index < -0.39 is 10.0 Å². The molecule has 0 saturated heterocycles. The minimum absolute atomic E-state index is 0.0469. The summed E-state index contributed by atoms with van der Waals surface area (Å²) < 4.78 is 32.5. The van der Waals surface area contributed by atoms with Gasteiger partial charge in [-0.3, -0.25) is 4.79 Å². The van der Waals surface area contributed by atoms with Crippen LogP contribution in [0.5, 0.6) is 5.75 Å². The molecular weight excluding hydrogens is 352 g/mol. The van der Waals surface area contributed by atoms with Gasteiger partial charge in [-0.1, -0.05) is 0 Å². The minimum Gasteiger partial charge on any atom is -0.491 e. The lowest BCUT2D eigenvalue weighted by atomic mass is 10.2. The van der Waals surface area contributed by atoms with Crippen molar-refractivity contribution in [3.63, 3.8) is 0 Å². The summed E-state index contributed by atoms with van der Waals surface area (Å²) in [6.07, 6.45) is 1.83. The third-order valence-corrected chi connectivity index (χ3v) is 5.35. The molecule has 0 radical (unpaired) electrons. The Hall–Kier alpha value is -2.38. The highest BCUT2D eigenvalue weighted by atomic mass is 32.2. The summed E-state index contributed by atoms with van der Waals surface area (Å²) in [5, 5.41) is 2.78. The first-order valence-corrected chi connectivity index (χ1v) is 10.0. The molecule has 0 unspecified atom stereocenters. The zero-order chi connectivity index (χ0) is 18.7. The monoisotopic (exact) mass is 374 g/mol. The van der Waals surface area contributed by atoms with E-state index in [4.69, 9.17) is 4.74 Å². The predicted octanol–water partition coefficient (Wildman–Crippen LogP) is 3.17. The molecule has 2 aromatic rings. The van der Waals surface area contributed by atoms with Gasteiger partial charge in [0.05, 0.1) is 11.0 Å². The van der Waals surface area contributed by atoms with Crippen LogP contribution in [0.2, 0.25) is 0 Å². The number of nitrogens with one attached hydrogen (secondary N) is 2. The third-order valence-electron chi connectivity index (χ3n) is 3.81. The molecule has 3 rings (SSSR count). The first kappa shape index (κ1) is 18.4. The number of anilines is 1. The van der Waals surface area contributed by atoms with Crippen LogP contribution < -0.4 is 14.8 Å². The van der Waals surface area contributed by atoms with Crippen LogP contribution in [0.4, 0.5) is 5.69 Å². The van der Waals surface area contributed by atoms with Crippen LogP contribution in [0.1, 0.15) is 37.0 Å².